The maximum atomic E-state index is 11.0. The summed E-state index contributed by atoms with van der Waals surface area (Å²) in [6, 6.07) is 0. The number of likely N-dealkylation sites (tertiary alicyclic amines) is 1. The molecule has 0 saturated carbocycles. The van der Waals surface area contributed by atoms with Crippen molar-refractivity contribution in [1.82, 2.24) is 4.90 Å². The lowest BCUT2D eigenvalue weighted by Crippen LogP contribution is -2.44. The molecule has 0 bridgehead atoms. The van der Waals surface area contributed by atoms with Crippen LogP contribution in [0.1, 0.15) is 13.3 Å². The van der Waals surface area contributed by atoms with E-state index in [-0.39, 0.29) is 0 Å². The van der Waals surface area contributed by atoms with Crippen LogP contribution < -0.4 is 0 Å². The molecule has 0 aliphatic carbocycles. The second-order valence-electron chi connectivity index (χ2n) is 5.69. The second-order valence-corrected chi connectivity index (χ2v) is 10.1. The van der Waals surface area contributed by atoms with Gasteiger partial charge in [0.25, 0.3) is 0 Å². The van der Waals surface area contributed by atoms with Gasteiger partial charge >= 0.3 is 6.09 Å². The van der Waals surface area contributed by atoms with Crippen LogP contribution in [0.15, 0.2) is 12.2 Å². The zero-order valence-corrected chi connectivity index (χ0v) is 12.5. The molecular formula is C13H21NO3Si. The van der Waals surface area contributed by atoms with Gasteiger partial charge in [-0.3, -0.25) is 0 Å². The minimum absolute atomic E-state index is 0.326. The van der Waals surface area contributed by atoms with E-state index in [0.29, 0.717) is 19.5 Å². The topological polar surface area (TPSA) is 49.8 Å². The fourth-order valence-corrected chi connectivity index (χ4v) is 3.35. The molecule has 1 heterocycles. The SMILES string of the molecule is C=C(C)C#CC1(O[Si](C)(C)C)CCN(C(=O)O)C1. The van der Waals surface area contributed by atoms with Crippen LogP contribution in [0.5, 0.6) is 0 Å². The predicted octanol–water partition coefficient (Wildman–Crippen LogP) is 2.54. The van der Waals surface area contributed by atoms with Crippen LogP contribution in [0.4, 0.5) is 4.79 Å². The van der Waals surface area contributed by atoms with Crippen LogP contribution in [0, 0.1) is 11.8 Å². The van der Waals surface area contributed by atoms with Crippen LogP contribution in [-0.4, -0.2) is 43.1 Å². The van der Waals surface area contributed by atoms with Crippen molar-refractivity contribution in [3.05, 3.63) is 12.2 Å². The molecule has 0 aromatic rings. The summed E-state index contributed by atoms with van der Waals surface area (Å²) in [6.45, 7) is 12.6. The number of carboxylic acid groups (broad SMARTS) is 1. The summed E-state index contributed by atoms with van der Waals surface area (Å²) in [4.78, 5) is 12.4. The largest absolute Gasteiger partial charge is 0.465 e. The smallest absolute Gasteiger partial charge is 0.407 e. The third-order valence-electron chi connectivity index (χ3n) is 2.51. The third-order valence-corrected chi connectivity index (χ3v) is 3.51. The number of allylic oxidation sites excluding steroid dienone is 1. The molecule has 0 aromatic heterocycles. The molecule has 4 nitrogen and oxygen atoms in total. The van der Waals surface area contributed by atoms with Gasteiger partial charge in [0, 0.05) is 13.0 Å². The van der Waals surface area contributed by atoms with Crippen molar-refractivity contribution in [2.45, 2.75) is 38.6 Å². The molecule has 0 radical (unpaired) electrons. The molecule has 18 heavy (non-hydrogen) atoms. The zero-order valence-electron chi connectivity index (χ0n) is 11.5. The van der Waals surface area contributed by atoms with E-state index in [1.807, 2.05) is 6.92 Å². The molecule has 1 saturated heterocycles. The second kappa shape index (κ2) is 5.17. The van der Waals surface area contributed by atoms with Crippen LogP contribution in [0.2, 0.25) is 19.6 Å². The Bertz CT molecular complexity index is 416. The lowest BCUT2D eigenvalue weighted by atomic mass is 10.0. The molecule has 1 unspecified atom stereocenters. The Kier molecular flexibility index (Phi) is 4.25. The molecule has 1 N–H and O–H groups in total. The lowest BCUT2D eigenvalue weighted by molar-refractivity contribution is 0.116. The first kappa shape index (κ1) is 14.8. The lowest BCUT2D eigenvalue weighted by Gasteiger charge is -2.31. The van der Waals surface area contributed by atoms with E-state index in [1.54, 1.807) is 0 Å². The normalized spacial score (nSPS) is 23.4. The number of carbonyl (C=O) groups is 1. The fraction of sp³-hybridized carbons (Fsp3) is 0.615. The van der Waals surface area contributed by atoms with Crippen molar-refractivity contribution in [3.63, 3.8) is 0 Å². The molecule has 1 rings (SSSR count). The molecule has 100 valence electrons. The van der Waals surface area contributed by atoms with Gasteiger partial charge in [-0.05, 0) is 32.1 Å². The van der Waals surface area contributed by atoms with E-state index < -0.39 is 20.0 Å². The number of amides is 1. The highest BCUT2D eigenvalue weighted by Gasteiger charge is 2.42. The molecule has 1 aliphatic heterocycles. The summed E-state index contributed by atoms with van der Waals surface area (Å²) in [5, 5.41) is 9.04. The van der Waals surface area contributed by atoms with E-state index in [4.69, 9.17) is 9.53 Å². The quantitative estimate of drug-likeness (QED) is 0.618. The van der Waals surface area contributed by atoms with Gasteiger partial charge in [0.1, 0.15) is 5.60 Å². The van der Waals surface area contributed by atoms with E-state index >= 15 is 0 Å². The van der Waals surface area contributed by atoms with Gasteiger partial charge in [-0.1, -0.05) is 18.4 Å². The maximum Gasteiger partial charge on any atom is 0.407 e. The average Bonchev–Trinajstić information content (AvgIpc) is 2.57. The zero-order chi connectivity index (χ0) is 14.0. The predicted molar refractivity (Wildman–Crippen MR) is 74.0 cm³/mol. The van der Waals surface area contributed by atoms with Gasteiger partial charge in [0.2, 0.25) is 0 Å². The van der Waals surface area contributed by atoms with Crippen molar-refractivity contribution in [3.8, 4) is 11.8 Å². The summed E-state index contributed by atoms with van der Waals surface area (Å²) in [5.41, 5.74) is 0.115. The molecule has 1 atom stereocenters. The Morgan fingerprint density at radius 1 is 1.50 bits per heavy atom. The van der Waals surface area contributed by atoms with Crippen molar-refractivity contribution < 1.29 is 14.3 Å². The molecule has 0 aromatic carbocycles. The Hall–Kier alpha value is -1.25. The van der Waals surface area contributed by atoms with Crippen molar-refractivity contribution in [1.29, 1.82) is 0 Å². The van der Waals surface area contributed by atoms with Crippen LogP contribution in [0.3, 0.4) is 0 Å². The highest BCUT2D eigenvalue weighted by atomic mass is 28.4. The summed E-state index contributed by atoms with van der Waals surface area (Å²) < 4.78 is 6.14. The van der Waals surface area contributed by atoms with Gasteiger partial charge < -0.3 is 14.4 Å². The third kappa shape index (κ3) is 4.20. The Labute approximate surface area is 110 Å². The first-order valence-electron chi connectivity index (χ1n) is 6.00. The van der Waals surface area contributed by atoms with Crippen LogP contribution in [-0.2, 0) is 4.43 Å². The van der Waals surface area contributed by atoms with Crippen molar-refractivity contribution >= 4 is 14.4 Å². The highest BCUT2D eigenvalue weighted by Crippen LogP contribution is 2.28. The molecular weight excluding hydrogens is 246 g/mol. The monoisotopic (exact) mass is 267 g/mol. The van der Waals surface area contributed by atoms with Gasteiger partial charge in [-0.2, -0.15) is 0 Å². The van der Waals surface area contributed by atoms with E-state index in [2.05, 4.69) is 38.1 Å². The van der Waals surface area contributed by atoms with Crippen LogP contribution >= 0.6 is 0 Å². The first-order chi connectivity index (χ1) is 8.14. The first-order valence-corrected chi connectivity index (χ1v) is 9.41. The summed E-state index contributed by atoms with van der Waals surface area (Å²) >= 11 is 0. The number of hydrogen-bond acceptors (Lipinski definition) is 2. The number of nitrogens with zero attached hydrogens (tertiary/aromatic N) is 1. The van der Waals surface area contributed by atoms with Crippen LogP contribution in [0.25, 0.3) is 0 Å². The molecule has 1 aliphatic rings. The molecule has 1 amide bonds. The van der Waals surface area contributed by atoms with Crippen molar-refractivity contribution in [2.24, 2.45) is 0 Å². The van der Waals surface area contributed by atoms with E-state index in [1.165, 1.54) is 4.90 Å². The number of hydrogen-bond donors (Lipinski definition) is 1. The van der Waals surface area contributed by atoms with Gasteiger partial charge in [-0.15, -0.1) is 0 Å². The number of rotatable bonds is 2. The average molecular weight is 267 g/mol. The Morgan fingerprint density at radius 3 is 2.50 bits per heavy atom. The molecule has 1 fully saturated rings. The fourth-order valence-electron chi connectivity index (χ4n) is 1.96. The molecule has 0 spiro atoms. The van der Waals surface area contributed by atoms with Crippen molar-refractivity contribution in [2.75, 3.05) is 13.1 Å². The van der Waals surface area contributed by atoms with Gasteiger partial charge in [0.05, 0.1) is 6.54 Å². The Balaban J connectivity index is 2.95. The summed E-state index contributed by atoms with van der Waals surface area (Å²) in [6.07, 6.45) is -0.280. The maximum absolute atomic E-state index is 11.0. The standard InChI is InChI=1S/C13H21NO3Si/c1-11(2)6-7-13(17-18(3,4)5)8-9-14(10-13)12(15)16/h1,8-10H2,2-5H3,(H,15,16). The van der Waals surface area contributed by atoms with Gasteiger partial charge in [0.15, 0.2) is 8.32 Å². The Morgan fingerprint density at radius 2 is 2.11 bits per heavy atom. The van der Waals surface area contributed by atoms with Gasteiger partial charge in [-0.25, -0.2) is 4.79 Å². The highest BCUT2D eigenvalue weighted by molar-refractivity contribution is 6.69. The minimum Gasteiger partial charge on any atom is -0.465 e. The summed E-state index contributed by atoms with van der Waals surface area (Å²) in [7, 11) is -1.78. The van der Waals surface area contributed by atoms with E-state index in [9.17, 15) is 4.79 Å². The molecule has 5 heteroatoms. The summed E-state index contributed by atoms with van der Waals surface area (Å²) in [5.74, 6) is 6.04. The minimum atomic E-state index is -1.78. The van der Waals surface area contributed by atoms with E-state index in [0.717, 1.165) is 5.57 Å².